The summed E-state index contributed by atoms with van der Waals surface area (Å²) < 4.78 is 0. The van der Waals surface area contributed by atoms with Crippen LogP contribution in [0.1, 0.15) is 44.4 Å². The zero-order valence-corrected chi connectivity index (χ0v) is 10.8. The molecule has 3 N–H and O–H groups in total. The monoisotopic (exact) mass is 241 g/mol. The number of anilines is 1. The van der Waals surface area contributed by atoms with E-state index in [-0.39, 0.29) is 5.91 Å². The maximum Gasteiger partial charge on any atom is 0.243 e. The van der Waals surface area contributed by atoms with Crippen LogP contribution in [0.3, 0.4) is 0 Å². The van der Waals surface area contributed by atoms with E-state index in [9.17, 15) is 4.79 Å². The molecule has 90 valence electrons. The molecule has 0 spiro atoms. The fourth-order valence-electron chi connectivity index (χ4n) is 1.25. The van der Waals surface area contributed by atoms with Crippen LogP contribution in [-0.2, 0) is 4.79 Å². The summed E-state index contributed by atoms with van der Waals surface area (Å²) in [6, 6.07) is -0.434. The smallest absolute Gasteiger partial charge is 0.243 e. The molecule has 0 aliphatic heterocycles. The molecule has 1 amide bonds. The molecule has 0 unspecified atom stereocenters. The standard InChI is InChI=1S/C11H19N3OS/c1-4-5-8(12)10(15)14-11-13-6-9(16-11)7(2)3/h6-8H,4-5,12H2,1-3H3,(H,13,14,15)/t8-/m0/s1. The number of rotatable bonds is 5. The summed E-state index contributed by atoms with van der Waals surface area (Å²) in [6.45, 7) is 6.21. The van der Waals surface area contributed by atoms with E-state index in [0.717, 1.165) is 6.42 Å². The van der Waals surface area contributed by atoms with Gasteiger partial charge in [0.25, 0.3) is 0 Å². The number of nitrogens with two attached hydrogens (primary N) is 1. The largest absolute Gasteiger partial charge is 0.320 e. The van der Waals surface area contributed by atoms with Gasteiger partial charge in [0.2, 0.25) is 5.91 Å². The summed E-state index contributed by atoms with van der Waals surface area (Å²) in [5, 5.41) is 3.38. The van der Waals surface area contributed by atoms with Crippen LogP contribution < -0.4 is 11.1 Å². The topological polar surface area (TPSA) is 68.0 Å². The van der Waals surface area contributed by atoms with Gasteiger partial charge in [0, 0.05) is 11.1 Å². The highest BCUT2D eigenvalue weighted by molar-refractivity contribution is 7.15. The van der Waals surface area contributed by atoms with E-state index in [1.165, 1.54) is 16.2 Å². The summed E-state index contributed by atoms with van der Waals surface area (Å²) in [7, 11) is 0. The van der Waals surface area contributed by atoms with Crippen LogP contribution in [0.25, 0.3) is 0 Å². The fraction of sp³-hybridized carbons (Fsp3) is 0.636. The van der Waals surface area contributed by atoms with Crippen LogP contribution in [-0.4, -0.2) is 16.9 Å². The predicted octanol–water partition coefficient (Wildman–Crippen LogP) is 2.33. The Morgan fingerprint density at radius 2 is 2.31 bits per heavy atom. The number of carbonyl (C=O) groups excluding carboxylic acids is 1. The minimum atomic E-state index is -0.434. The van der Waals surface area contributed by atoms with E-state index in [2.05, 4.69) is 24.1 Å². The zero-order chi connectivity index (χ0) is 12.1. The molecule has 1 heterocycles. The second-order valence-electron chi connectivity index (χ2n) is 4.11. The first-order valence-corrected chi connectivity index (χ1v) is 6.38. The van der Waals surface area contributed by atoms with Crippen molar-refractivity contribution >= 4 is 22.4 Å². The molecule has 5 heteroatoms. The van der Waals surface area contributed by atoms with Gasteiger partial charge in [-0.2, -0.15) is 0 Å². The predicted molar refractivity (Wildman–Crippen MR) is 67.7 cm³/mol. The molecule has 0 aromatic carbocycles. The Bertz CT molecular complexity index is 349. The lowest BCUT2D eigenvalue weighted by molar-refractivity contribution is -0.117. The van der Waals surface area contributed by atoms with Gasteiger partial charge in [0.05, 0.1) is 6.04 Å². The van der Waals surface area contributed by atoms with Gasteiger partial charge in [-0.25, -0.2) is 4.98 Å². The van der Waals surface area contributed by atoms with Crippen LogP contribution in [0.4, 0.5) is 5.13 Å². The van der Waals surface area contributed by atoms with Crippen molar-refractivity contribution in [3.05, 3.63) is 11.1 Å². The second-order valence-corrected chi connectivity index (χ2v) is 5.17. The van der Waals surface area contributed by atoms with Gasteiger partial charge in [-0.15, -0.1) is 11.3 Å². The Labute approximate surface area is 100 Å². The molecule has 0 aliphatic carbocycles. The second kappa shape index (κ2) is 5.96. The van der Waals surface area contributed by atoms with Crippen molar-refractivity contribution in [3.8, 4) is 0 Å². The third-order valence-corrected chi connectivity index (χ3v) is 3.47. The number of nitrogens with zero attached hydrogens (tertiary/aromatic N) is 1. The first-order valence-electron chi connectivity index (χ1n) is 5.56. The highest BCUT2D eigenvalue weighted by Gasteiger charge is 2.14. The van der Waals surface area contributed by atoms with Gasteiger partial charge in [-0.3, -0.25) is 4.79 Å². The molecule has 0 saturated heterocycles. The average molecular weight is 241 g/mol. The van der Waals surface area contributed by atoms with Crippen molar-refractivity contribution in [3.63, 3.8) is 0 Å². The lowest BCUT2D eigenvalue weighted by Gasteiger charge is -2.08. The minimum absolute atomic E-state index is 0.147. The molecule has 1 rings (SSSR count). The molecule has 0 bridgehead atoms. The van der Waals surface area contributed by atoms with Crippen molar-refractivity contribution in [2.75, 3.05) is 5.32 Å². The lowest BCUT2D eigenvalue weighted by Crippen LogP contribution is -2.35. The number of hydrogen-bond donors (Lipinski definition) is 2. The Morgan fingerprint density at radius 3 is 2.81 bits per heavy atom. The molecule has 1 aromatic rings. The maximum atomic E-state index is 11.6. The normalized spacial score (nSPS) is 12.8. The van der Waals surface area contributed by atoms with Crippen LogP contribution >= 0.6 is 11.3 Å². The third kappa shape index (κ3) is 3.57. The van der Waals surface area contributed by atoms with E-state index < -0.39 is 6.04 Å². The molecule has 0 fully saturated rings. The van der Waals surface area contributed by atoms with E-state index in [1.807, 2.05) is 6.92 Å². The number of nitrogens with one attached hydrogen (secondary N) is 1. The van der Waals surface area contributed by atoms with Gasteiger partial charge in [-0.05, 0) is 12.3 Å². The van der Waals surface area contributed by atoms with Crippen LogP contribution in [0.2, 0.25) is 0 Å². The first-order chi connectivity index (χ1) is 7.54. The summed E-state index contributed by atoms with van der Waals surface area (Å²) >= 11 is 1.51. The molecule has 0 aliphatic rings. The number of thiazole rings is 1. The number of aromatic nitrogens is 1. The Hall–Kier alpha value is -0.940. The SMILES string of the molecule is CCC[C@H](N)C(=O)Nc1ncc(C(C)C)s1. The Kier molecular flexibility index (Phi) is 4.89. The zero-order valence-electron chi connectivity index (χ0n) is 9.99. The third-order valence-electron chi connectivity index (χ3n) is 2.26. The Balaban J connectivity index is 2.56. The average Bonchev–Trinajstić information content (AvgIpc) is 2.66. The molecule has 1 atom stereocenters. The minimum Gasteiger partial charge on any atom is -0.320 e. The van der Waals surface area contributed by atoms with E-state index in [4.69, 9.17) is 5.73 Å². The first kappa shape index (κ1) is 13.1. The summed E-state index contributed by atoms with van der Waals surface area (Å²) in [5.74, 6) is 0.291. The summed E-state index contributed by atoms with van der Waals surface area (Å²) in [6.07, 6.45) is 3.41. The quantitative estimate of drug-likeness (QED) is 0.831. The van der Waals surface area contributed by atoms with E-state index in [0.29, 0.717) is 17.5 Å². The van der Waals surface area contributed by atoms with Crippen molar-refractivity contribution in [1.29, 1.82) is 0 Å². The Morgan fingerprint density at radius 1 is 1.62 bits per heavy atom. The molecule has 16 heavy (non-hydrogen) atoms. The van der Waals surface area contributed by atoms with Gasteiger partial charge in [-0.1, -0.05) is 27.2 Å². The van der Waals surface area contributed by atoms with Crippen molar-refractivity contribution < 1.29 is 4.79 Å². The number of carbonyl (C=O) groups is 1. The van der Waals surface area contributed by atoms with Gasteiger partial charge >= 0.3 is 0 Å². The molecule has 0 radical (unpaired) electrons. The van der Waals surface area contributed by atoms with Crippen molar-refractivity contribution in [1.82, 2.24) is 4.98 Å². The van der Waals surface area contributed by atoms with Gasteiger partial charge < -0.3 is 11.1 Å². The van der Waals surface area contributed by atoms with E-state index >= 15 is 0 Å². The van der Waals surface area contributed by atoms with Gasteiger partial charge in [0.15, 0.2) is 5.13 Å². The van der Waals surface area contributed by atoms with E-state index in [1.54, 1.807) is 6.20 Å². The fourth-order valence-corrected chi connectivity index (χ4v) is 2.07. The highest BCUT2D eigenvalue weighted by atomic mass is 32.1. The summed E-state index contributed by atoms with van der Waals surface area (Å²) in [5.41, 5.74) is 5.71. The molecular formula is C11H19N3OS. The van der Waals surface area contributed by atoms with Crippen molar-refractivity contribution in [2.45, 2.75) is 45.6 Å². The molecule has 4 nitrogen and oxygen atoms in total. The molecular weight excluding hydrogens is 222 g/mol. The van der Waals surface area contributed by atoms with Crippen LogP contribution in [0, 0.1) is 0 Å². The number of amides is 1. The maximum absolute atomic E-state index is 11.6. The van der Waals surface area contributed by atoms with Gasteiger partial charge in [0.1, 0.15) is 0 Å². The lowest BCUT2D eigenvalue weighted by atomic mass is 10.2. The highest BCUT2D eigenvalue weighted by Crippen LogP contribution is 2.25. The molecule has 0 saturated carbocycles. The van der Waals surface area contributed by atoms with Crippen molar-refractivity contribution in [2.24, 2.45) is 5.73 Å². The van der Waals surface area contributed by atoms with Crippen LogP contribution in [0.15, 0.2) is 6.20 Å². The van der Waals surface area contributed by atoms with Crippen LogP contribution in [0.5, 0.6) is 0 Å². The molecule has 1 aromatic heterocycles. The summed E-state index contributed by atoms with van der Waals surface area (Å²) in [4.78, 5) is 16.9. The number of hydrogen-bond acceptors (Lipinski definition) is 4.